The third kappa shape index (κ3) is 4.13. The van der Waals surface area contributed by atoms with Crippen molar-refractivity contribution in [2.24, 2.45) is 5.41 Å². The van der Waals surface area contributed by atoms with Gasteiger partial charge in [-0.25, -0.2) is 4.79 Å². The van der Waals surface area contributed by atoms with Crippen LogP contribution in [-0.4, -0.2) is 42.8 Å². The van der Waals surface area contributed by atoms with E-state index in [0.29, 0.717) is 5.69 Å². The highest BCUT2D eigenvalue weighted by Gasteiger charge is 2.30. The molecule has 5 nitrogen and oxygen atoms in total. The van der Waals surface area contributed by atoms with E-state index in [-0.39, 0.29) is 24.1 Å². The maximum atomic E-state index is 12.2. The van der Waals surface area contributed by atoms with Crippen LogP contribution in [0.2, 0.25) is 0 Å². The average molecular weight is 280 g/mol. The van der Waals surface area contributed by atoms with Crippen molar-refractivity contribution >= 4 is 11.7 Å². The SMILES string of the molecule is COc1ccc(NC(=O)N(C)[C@@H](CO)C(C)(C)C)cc1. The quantitative estimate of drug-likeness (QED) is 0.891. The first-order valence-electron chi connectivity index (χ1n) is 6.58. The highest BCUT2D eigenvalue weighted by molar-refractivity contribution is 5.89. The summed E-state index contributed by atoms with van der Waals surface area (Å²) in [5.41, 5.74) is 0.494. The van der Waals surface area contributed by atoms with Crippen molar-refractivity contribution < 1.29 is 14.6 Å². The number of likely N-dealkylation sites (N-methyl/N-ethyl adjacent to an activating group) is 1. The average Bonchev–Trinajstić information content (AvgIpc) is 2.38. The van der Waals surface area contributed by atoms with Crippen molar-refractivity contribution in [2.75, 3.05) is 26.1 Å². The third-order valence-corrected chi connectivity index (χ3v) is 3.30. The number of methoxy groups -OCH3 is 1. The monoisotopic (exact) mass is 280 g/mol. The minimum atomic E-state index is -0.249. The topological polar surface area (TPSA) is 61.8 Å². The molecule has 0 fully saturated rings. The highest BCUT2D eigenvalue weighted by Crippen LogP contribution is 2.24. The molecule has 0 spiro atoms. The zero-order valence-electron chi connectivity index (χ0n) is 12.8. The molecule has 1 aromatic rings. The van der Waals surface area contributed by atoms with E-state index in [1.54, 1.807) is 38.4 Å². The second kappa shape index (κ2) is 6.61. The number of anilines is 1. The summed E-state index contributed by atoms with van der Waals surface area (Å²) in [7, 11) is 3.28. The van der Waals surface area contributed by atoms with E-state index in [2.05, 4.69) is 5.32 Å². The van der Waals surface area contributed by atoms with Gasteiger partial charge in [0.25, 0.3) is 0 Å². The molecule has 0 heterocycles. The second-order valence-electron chi connectivity index (χ2n) is 5.83. The van der Waals surface area contributed by atoms with E-state index in [0.717, 1.165) is 5.75 Å². The predicted molar refractivity (Wildman–Crippen MR) is 80.1 cm³/mol. The Bertz CT molecular complexity index is 437. The Hall–Kier alpha value is -1.75. The van der Waals surface area contributed by atoms with E-state index < -0.39 is 0 Å². The van der Waals surface area contributed by atoms with Crippen LogP contribution in [0.3, 0.4) is 0 Å². The molecular formula is C15H24N2O3. The van der Waals surface area contributed by atoms with Crippen LogP contribution >= 0.6 is 0 Å². The van der Waals surface area contributed by atoms with Crippen LogP contribution < -0.4 is 10.1 Å². The van der Waals surface area contributed by atoms with Gasteiger partial charge < -0.3 is 20.1 Å². The molecule has 0 bridgehead atoms. The van der Waals surface area contributed by atoms with Crippen molar-refractivity contribution in [1.29, 1.82) is 0 Å². The summed E-state index contributed by atoms with van der Waals surface area (Å²) < 4.78 is 5.07. The first-order chi connectivity index (χ1) is 9.29. The Morgan fingerprint density at radius 3 is 2.30 bits per heavy atom. The Kier molecular flexibility index (Phi) is 5.39. The van der Waals surface area contributed by atoms with Gasteiger partial charge in [0.05, 0.1) is 19.8 Å². The lowest BCUT2D eigenvalue weighted by Crippen LogP contribution is -2.48. The van der Waals surface area contributed by atoms with Gasteiger partial charge in [-0.05, 0) is 29.7 Å². The van der Waals surface area contributed by atoms with Crippen LogP contribution in [0.4, 0.5) is 10.5 Å². The molecule has 0 aliphatic rings. The number of benzene rings is 1. The lowest BCUT2D eigenvalue weighted by molar-refractivity contribution is 0.0886. The number of urea groups is 1. The first kappa shape index (κ1) is 16.3. The van der Waals surface area contributed by atoms with Crippen molar-refractivity contribution in [3.05, 3.63) is 24.3 Å². The minimum Gasteiger partial charge on any atom is -0.497 e. The summed E-state index contributed by atoms with van der Waals surface area (Å²) in [6, 6.07) is 6.61. The fraction of sp³-hybridized carbons (Fsp3) is 0.533. The summed E-state index contributed by atoms with van der Waals surface area (Å²) in [5.74, 6) is 0.735. The Labute approximate surface area is 120 Å². The van der Waals surface area contributed by atoms with Gasteiger partial charge in [0.2, 0.25) is 0 Å². The van der Waals surface area contributed by atoms with Crippen molar-refractivity contribution in [3.63, 3.8) is 0 Å². The van der Waals surface area contributed by atoms with Crippen LogP contribution in [0, 0.1) is 5.41 Å². The molecule has 1 rings (SSSR count). The predicted octanol–water partition coefficient (Wildman–Crippen LogP) is 2.57. The molecule has 0 aliphatic heterocycles. The van der Waals surface area contributed by atoms with Gasteiger partial charge in [-0.15, -0.1) is 0 Å². The van der Waals surface area contributed by atoms with Gasteiger partial charge in [-0.1, -0.05) is 20.8 Å². The number of amides is 2. The number of ether oxygens (including phenoxy) is 1. The van der Waals surface area contributed by atoms with Crippen LogP contribution in [0.1, 0.15) is 20.8 Å². The van der Waals surface area contributed by atoms with Gasteiger partial charge in [-0.2, -0.15) is 0 Å². The highest BCUT2D eigenvalue weighted by atomic mass is 16.5. The number of nitrogens with one attached hydrogen (secondary N) is 1. The Morgan fingerprint density at radius 1 is 1.35 bits per heavy atom. The van der Waals surface area contributed by atoms with E-state index in [1.165, 1.54) is 4.90 Å². The van der Waals surface area contributed by atoms with E-state index in [9.17, 15) is 9.90 Å². The molecule has 112 valence electrons. The molecule has 2 N–H and O–H groups in total. The van der Waals surface area contributed by atoms with E-state index >= 15 is 0 Å². The molecule has 1 atom stereocenters. The van der Waals surface area contributed by atoms with Crippen molar-refractivity contribution in [2.45, 2.75) is 26.8 Å². The molecule has 0 aliphatic carbocycles. The van der Waals surface area contributed by atoms with Gasteiger partial charge >= 0.3 is 6.03 Å². The van der Waals surface area contributed by atoms with Gasteiger partial charge in [0.1, 0.15) is 5.75 Å². The maximum absolute atomic E-state index is 12.2. The maximum Gasteiger partial charge on any atom is 0.321 e. The largest absolute Gasteiger partial charge is 0.497 e. The van der Waals surface area contributed by atoms with Crippen LogP contribution in [-0.2, 0) is 0 Å². The summed E-state index contributed by atoms with van der Waals surface area (Å²) in [4.78, 5) is 13.7. The molecule has 20 heavy (non-hydrogen) atoms. The summed E-state index contributed by atoms with van der Waals surface area (Å²) in [6.45, 7) is 5.90. The number of carbonyl (C=O) groups excluding carboxylic acids is 1. The smallest absolute Gasteiger partial charge is 0.321 e. The van der Waals surface area contributed by atoms with Gasteiger partial charge in [-0.3, -0.25) is 0 Å². The number of aliphatic hydroxyl groups excluding tert-OH is 1. The lowest BCUT2D eigenvalue weighted by Gasteiger charge is -2.36. The van der Waals surface area contributed by atoms with Crippen LogP contribution in [0.5, 0.6) is 5.75 Å². The van der Waals surface area contributed by atoms with Crippen molar-refractivity contribution in [1.82, 2.24) is 4.90 Å². The molecular weight excluding hydrogens is 256 g/mol. The number of rotatable bonds is 4. The van der Waals surface area contributed by atoms with Gasteiger partial charge in [0.15, 0.2) is 0 Å². The first-order valence-corrected chi connectivity index (χ1v) is 6.58. The molecule has 0 radical (unpaired) electrons. The molecule has 0 saturated heterocycles. The van der Waals surface area contributed by atoms with Gasteiger partial charge in [0, 0.05) is 12.7 Å². The number of hydrogen-bond donors (Lipinski definition) is 2. The summed E-state index contributed by atoms with van der Waals surface area (Å²) in [5, 5.41) is 12.3. The number of nitrogens with zero attached hydrogens (tertiary/aromatic N) is 1. The van der Waals surface area contributed by atoms with Crippen LogP contribution in [0.25, 0.3) is 0 Å². The zero-order valence-corrected chi connectivity index (χ0v) is 12.8. The van der Waals surface area contributed by atoms with Crippen molar-refractivity contribution in [3.8, 4) is 5.75 Å². The minimum absolute atomic E-state index is 0.0734. The fourth-order valence-corrected chi connectivity index (χ4v) is 2.00. The van der Waals surface area contributed by atoms with Crippen LogP contribution in [0.15, 0.2) is 24.3 Å². The molecule has 0 unspecified atom stereocenters. The standard InChI is InChI=1S/C15H24N2O3/c1-15(2,3)13(10-18)17(4)14(19)16-11-6-8-12(20-5)9-7-11/h6-9,13,18H,10H2,1-5H3,(H,16,19)/t13-/m0/s1. The summed E-state index contributed by atoms with van der Waals surface area (Å²) in [6.07, 6.45) is 0. The normalized spacial score (nSPS) is 12.7. The molecule has 0 saturated carbocycles. The second-order valence-corrected chi connectivity index (χ2v) is 5.83. The Balaban J connectivity index is 2.73. The van der Waals surface area contributed by atoms with E-state index in [4.69, 9.17) is 4.74 Å². The number of hydrogen-bond acceptors (Lipinski definition) is 3. The summed E-state index contributed by atoms with van der Waals surface area (Å²) >= 11 is 0. The zero-order chi connectivity index (χ0) is 15.3. The number of carbonyl (C=O) groups is 1. The molecule has 5 heteroatoms. The fourth-order valence-electron chi connectivity index (χ4n) is 2.00. The van der Waals surface area contributed by atoms with E-state index in [1.807, 2.05) is 20.8 Å². The third-order valence-electron chi connectivity index (χ3n) is 3.30. The molecule has 2 amide bonds. The number of aliphatic hydroxyl groups is 1. The molecule has 1 aromatic carbocycles. The lowest BCUT2D eigenvalue weighted by atomic mass is 9.86. The molecule has 0 aromatic heterocycles. The Morgan fingerprint density at radius 2 is 1.90 bits per heavy atom.